The number of piperidine rings is 1. The molecule has 0 amide bonds. The van der Waals surface area contributed by atoms with E-state index in [1.165, 1.54) is 4.31 Å². The van der Waals surface area contributed by atoms with Gasteiger partial charge in [-0.25, -0.2) is 13.2 Å². The standard InChI is InChI=1S/C20H21NO4S/c1-14-8-9-18(15(2)12-14)26(23,24)21-11-5-10-20(13-21)17-7-4-3-6-16(17)19(22)25-20/h3-4,6-9,12H,5,10-11,13H2,1-2H3. The van der Waals surface area contributed by atoms with E-state index in [-0.39, 0.29) is 12.5 Å². The normalized spacial score (nSPS) is 23.1. The van der Waals surface area contributed by atoms with Gasteiger partial charge < -0.3 is 4.74 Å². The highest BCUT2D eigenvalue weighted by Gasteiger charge is 2.50. The van der Waals surface area contributed by atoms with E-state index < -0.39 is 15.6 Å². The van der Waals surface area contributed by atoms with Gasteiger partial charge >= 0.3 is 5.97 Å². The lowest BCUT2D eigenvalue weighted by atomic mass is 9.86. The van der Waals surface area contributed by atoms with Crippen molar-refractivity contribution in [2.45, 2.75) is 37.2 Å². The number of esters is 1. The number of hydrogen-bond donors (Lipinski definition) is 0. The minimum absolute atomic E-state index is 0.158. The number of fused-ring (bicyclic) bond motifs is 2. The maximum atomic E-state index is 13.2. The van der Waals surface area contributed by atoms with E-state index in [4.69, 9.17) is 4.74 Å². The van der Waals surface area contributed by atoms with E-state index in [9.17, 15) is 13.2 Å². The molecule has 136 valence electrons. The van der Waals surface area contributed by atoms with Crippen LogP contribution in [0.15, 0.2) is 47.4 Å². The van der Waals surface area contributed by atoms with Crippen LogP contribution < -0.4 is 0 Å². The highest BCUT2D eigenvalue weighted by molar-refractivity contribution is 7.89. The van der Waals surface area contributed by atoms with Gasteiger partial charge in [-0.3, -0.25) is 0 Å². The SMILES string of the molecule is Cc1ccc(S(=O)(=O)N2CCCC3(C2)OC(=O)c2ccccc23)c(C)c1. The molecule has 0 bridgehead atoms. The summed E-state index contributed by atoms with van der Waals surface area (Å²) in [7, 11) is -3.65. The highest BCUT2D eigenvalue weighted by Crippen LogP contribution is 2.43. The molecular weight excluding hydrogens is 350 g/mol. The van der Waals surface area contributed by atoms with Gasteiger partial charge in [0.05, 0.1) is 17.0 Å². The Balaban J connectivity index is 1.73. The molecule has 2 aliphatic heterocycles. The summed E-state index contributed by atoms with van der Waals surface area (Å²) in [5.41, 5.74) is 2.21. The molecule has 1 atom stereocenters. The summed E-state index contributed by atoms with van der Waals surface area (Å²) in [6, 6.07) is 12.6. The number of carbonyl (C=O) groups is 1. The Morgan fingerprint density at radius 1 is 1.12 bits per heavy atom. The van der Waals surface area contributed by atoms with Gasteiger partial charge in [-0.15, -0.1) is 0 Å². The van der Waals surface area contributed by atoms with E-state index in [1.54, 1.807) is 18.2 Å². The van der Waals surface area contributed by atoms with Crippen molar-refractivity contribution in [3.05, 3.63) is 64.7 Å². The Hall–Kier alpha value is -2.18. The molecule has 6 heteroatoms. The average molecular weight is 371 g/mol. The van der Waals surface area contributed by atoms with Gasteiger partial charge in [0, 0.05) is 12.1 Å². The second-order valence-electron chi connectivity index (χ2n) is 7.14. The number of benzene rings is 2. The summed E-state index contributed by atoms with van der Waals surface area (Å²) in [5, 5.41) is 0. The van der Waals surface area contributed by atoms with E-state index in [1.807, 2.05) is 38.1 Å². The van der Waals surface area contributed by atoms with E-state index in [0.717, 1.165) is 16.7 Å². The number of hydrogen-bond acceptors (Lipinski definition) is 4. The van der Waals surface area contributed by atoms with Crippen molar-refractivity contribution in [3.8, 4) is 0 Å². The molecule has 0 N–H and O–H groups in total. The molecular formula is C20H21NO4S. The number of carbonyl (C=O) groups excluding carboxylic acids is 1. The van der Waals surface area contributed by atoms with Crippen LogP contribution in [0.1, 0.15) is 39.9 Å². The summed E-state index contributed by atoms with van der Waals surface area (Å²) in [4.78, 5) is 12.6. The molecule has 2 aliphatic rings. The lowest BCUT2D eigenvalue weighted by Gasteiger charge is -2.39. The van der Waals surface area contributed by atoms with Crippen molar-refractivity contribution in [3.63, 3.8) is 0 Å². The first-order valence-corrected chi connectivity index (χ1v) is 10.2. The summed E-state index contributed by atoms with van der Waals surface area (Å²) >= 11 is 0. The van der Waals surface area contributed by atoms with Crippen LogP contribution in [0.2, 0.25) is 0 Å². The molecule has 5 nitrogen and oxygen atoms in total. The van der Waals surface area contributed by atoms with Crippen molar-refractivity contribution < 1.29 is 17.9 Å². The molecule has 1 spiro atoms. The van der Waals surface area contributed by atoms with Crippen molar-refractivity contribution in [2.75, 3.05) is 13.1 Å². The van der Waals surface area contributed by atoms with Gasteiger partial charge in [0.25, 0.3) is 0 Å². The van der Waals surface area contributed by atoms with E-state index in [0.29, 0.717) is 29.8 Å². The predicted octanol–water partition coefficient (Wildman–Crippen LogP) is 3.15. The Morgan fingerprint density at radius 2 is 1.88 bits per heavy atom. The molecule has 0 radical (unpaired) electrons. The van der Waals surface area contributed by atoms with Crippen molar-refractivity contribution in [1.29, 1.82) is 0 Å². The van der Waals surface area contributed by atoms with Crippen molar-refractivity contribution >= 4 is 16.0 Å². The van der Waals surface area contributed by atoms with Crippen LogP contribution in [0.3, 0.4) is 0 Å². The molecule has 2 heterocycles. The summed E-state index contributed by atoms with van der Waals surface area (Å²) < 4.78 is 33.7. The highest BCUT2D eigenvalue weighted by atomic mass is 32.2. The van der Waals surface area contributed by atoms with Crippen LogP contribution in [0.5, 0.6) is 0 Å². The van der Waals surface area contributed by atoms with E-state index in [2.05, 4.69) is 0 Å². The molecule has 2 aromatic carbocycles. The average Bonchev–Trinajstić information content (AvgIpc) is 2.87. The van der Waals surface area contributed by atoms with Gasteiger partial charge in [0.2, 0.25) is 10.0 Å². The molecule has 1 unspecified atom stereocenters. The maximum absolute atomic E-state index is 13.2. The summed E-state index contributed by atoms with van der Waals surface area (Å²) in [6.07, 6.45) is 1.28. The molecule has 2 aromatic rings. The third-order valence-corrected chi connectivity index (χ3v) is 7.30. The minimum Gasteiger partial charge on any atom is -0.449 e. The van der Waals surface area contributed by atoms with Crippen molar-refractivity contribution in [2.24, 2.45) is 0 Å². The van der Waals surface area contributed by atoms with Crippen LogP contribution in [-0.2, 0) is 20.4 Å². The monoisotopic (exact) mass is 371 g/mol. The molecule has 4 rings (SSSR count). The minimum atomic E-state index is -3.65. The molecule has 26 heavy (non-hydrogen) atoms. The van der Waals surface area contributed by atoms with Gasteiger partial charge in [-0.1, -0.05) is 35.9 Å². The molecule has 0 aromatic heterocycles. The first kappa shape index (κ1) is 17.2. The second-order valence-corrected chi connectivity index (χ2v) is 9.05. The number of aryl methyl sites for hydroxylation is 2. The summed E-state index contributed by atoms with van der Waals surface area (Å²) in [5.74, 6) is -0.369. The lowest BCUT2D eigenvalue weighted by Crippen LogP contribution is -2.48. The third-order valence-electron chi connectivity index (χ3n) is 5.29. The van der Waals surface area contributed by atoms with Crippen LogP contribution in [-0.4, -0.2) is 31.8 Å². The summed E-state index contributed by atoms with van der Waals surface area (Å²) in [6.45, 7) is 4.33. The molecule has 1 saturated heterocycles. The van der Waals surface area contributed by atoms with Crippen LogP contribution in [0, 0.1) is 13.8 Å². The van der Waals surface area contributed by atoms with Gasteiger partial charge in [0.15, 0.2) is 5.60 Å². The largest absolute Gasteiger partial charge is 0.449 e. The van der Waals surface area contributed by atoms with Crippen LogP contribution in [0.25, 0.3) is 0 Å². The zero-order valence-electron chi connectivity index (χ0n) is 14.9. The van der Waals surface area contributed by atoms with Gasteiger partial charge in [0.1, 0.15) is 0 Å². The number of ether oxygens (including phenoxy) is 1. The van der Waals surface area contributed by atoms with Gasteiger partial charge in [-0.05, 0) is 44.4 Å². The first-order chi connectivity index (χ1) is 12.3. The fraction of sp³-hybridized carbons (Fsp3) is 0.350. The number of rotatable bonds is 2. The maximum Gasteiger partial charge on any atom is 0.339 e. The Labute approximate surface area is 153 Å². The van der Waals surface area contributed by atoms with Crippen molar-refractivity contribution in [1.82, 2.24) is 4.31 Å². The molecule has 0 aliphatic carbocycles. The fourth-order valence-corrected chi connectivity index (χ4v) is 5.80. The lowest BCUT2D eigenvalue weighted by molar-refractivity contribution is -0.0345. The first-order valence-electron chi connectivity index (χ1n) is 8.74. The molecule has 0 saturated carbocycles. The predicted molar refractivity (Wildman–Crippen MR) is 97.4 cm³/mol. The Bertz CT molecular complexity index is 999. The fourth-order valence-electron chi connectivity index (χ4n) is 4.07. The zero-order valence-corrected chi connectivity index (χ0v) is 15.7. The smallest absolute Gasteiger partial charge is 0.339 e. The van der Waals surface area contributed by atoms with Crippen LogP contribution in [0.4, 0.5) is 0 Å². The number of nitrogens with zero attached hydrogens (tertiary/aromatic N) is 1. The second kappa shape index (κ2) is 5.93. The van der Waals surface area contributed by atoms with E-state index >= 15 is 0 Å². The topological polar surface area (TPSA) is 63.7 Å². The Morgan fingerprint density at radius 3 is 2.65 bits per heavy atom. The zero-order chi connectivity index (χ0) is 18.5. The Kier molecular flexibility index (Phi) is 3.93. The van der Waals surface area contributed by atoms with Gasteiger partial charge in [-0.2, -0.15) is 4.31 Å². The van der Waals surface area contributed by atoms with Crippen LogP contribution >= 0.6 is 0 Å². The quantitative estimate of drug-likeness (QED) is 0.761. The third kappa shape index (κ3) is 2.56. The molecule has 1 fully saturated rings. The number of sulfonamides is 1.